The highest BCUT2D eigenvalue weighted by Gasteiger charge is 2.23. The molecule has 1 aliphatic rings. The Balaban J connectivity index is 1.45. The van der Waals surface area contributed by atoms with Crippen LogP contribution in [0.4, 0.5) is 0 Å². The predicted octanol–water partition coefficient (Wildman–Crippen LogP) is 3.32. The summed E-state index contributed by atoms with van der Waals surface area (Å²) in [6.07, 6.45) is 7.11. The number of benzene rings is 2. The zero-order valence-corrected chi connectivity index (χ0v) is 17.8. The Kier molecular flexibility index (Phi) is 7.64. The van der Waals surface area contributed by atoms with Gasteiger partial charge in [0.1, 0.15) is 0 Å². The fourth-order valence-electron chi connectivity index (χ4n) is 3.63. The van der Waals surface area contributed by atoms with Gasteiger partial charge < -0.3 is 10.1 Å². The van der Waals surface area contributed by atoms with Gasteiger partial charge in [-0.2, -0.15) is 4.31 Å². The van der Waals surface area contributed by atoms with E-state index in [1.54, 1.807) is 18.2 Å². The van der Waals surface area contributed by atoms with E-state index in [9.17, 15) is 13.2 Å². The van der Waals surface area contributed by atoms with Crippen molar-refractivity contribution in [2.75, 3.05) is 26.7 Å². The maximum Gasteiger partial charge on any atom is 0.243 e. The molecule has 0 radical (unpaired) electrons. The van der Waals surface area contributed by atoms with Crippen LogP contribution in [0.3, 0.4) is 0 Å². The number of sulfonamides is 1. The van der Waals surface area contributed by atoms with Gasteiger partial charge in [0.15, 0.2) is 0 Å². The SMILES string of the molecule is CN(CC(=O)NCCCOC1CCCCC1)S(=O)(=O)c1ccc2ccccc2c1. The lowest BCUT2D eigenvalue weighted by Gasteiger charge is -2.22. The van der Waals surface area contributed by atoms with Crippen LogP contribution < -0.4 is 5.32 Å². The highest BCUT2D eigenvalue weighted by molar-refractivity contribution is 7.89. The normalized spacial score (nSPS) is 15.7. The van der Waals surface area contributed by atoms with Crippen molar-refractivity contribution in [1.29, 1.82) is 0 Å². The summed E-state index contributed by atoms with van der Waals surface area (Å²) in [5.41, 5.74) is 0. The maximum absolute atomic E-state index is 12.8. The van der Waals surface area contributed by atoms with Crippen LogP contribution in [0, 0.1) is 0 Å². The number of rotatable bonds is 9. The van der Waals surface area contributed by atoms with Crippen molar-refractivity contribution in [2.24, 2.45) is 0 Å². The molecule has 2 aromatic carbocycles. The van der Waals surface area contributed by atoms with E-state index in [1.807, 2.05) is 24.3 Å². The Morgan fingerprint density at radius 2 is 1.83 bits per heavy atom. The summed E-state index contributed by atoms with van der Waals surface area (Å²) in [5.74, 6) is -0.311. The van der Waals surface area contributed by atoms with Gasteiger partial charge in [0.05, 0.1) is 17.5 Å². The summed E-state index contributed by atoms with van der Waals surface area (Å²) in [5, 5.41) is 4.61. The Labute approximate surface area is 173 Å². The van der Waals surface area contributed by atoms with Crippen LogP contribution >= 0.6 is 0 Å². The molecule has 1 aliphatic carbocycles. The second kappa shape index (κ2) is 10.2. The molecule has 158 valence electrons. The van der Waals surface area contributed by atoms with E-state index >= 15 is 0 Å². The van der Waals surface area contributed by atoms with Crippen LogP contribution in [-0.2, 0) is 19.6 Å². The minimum absolute atomic E-state index is 0.187. The number of carbonyl (C=O) groups excluding carboxylic acids is 1. The Bertz CT molecular complexity index is 923. The molecule has 2 aromatic rings. The van der Waals surface area contributed by atoms with Gasteiger partial charge >= 0.3 is 0 Å². The van der Waals surface area contributed by atoms with Crippen LogP contribution in [0.2, 0.25) is 0 Å². The quantitative estimate of drug-likeness (QED) is 0.634. The van der Waals surface area contributed by atoms with Crippen molar-refractivity contribution >= 4 is 26.7 Å². The van der Waals surface area contributed by atoms with Crippen molar-refractivity contribution in [3.8, 4) is 0 Å². The smallest absolute Gasteiger partial charge is 0.243 e. The first-order chi connectivity index (χ1) is 14.0. The number of likely N-dealkylation sites (N-methyl/N-ethyl adjacent to an activating group) is 1. The predicted molar refractivity (Wildman–Crippen MR) is 114 cm³/mol. The number of hydrogen-bond acceptors (Lipinski definition) is 4. The first kappa shape index (κ1) is 21.7. The van der Waals surface area contributed by atoms with Gasteiger partial charge in [-0.15, -0.1) is 0 Å². The van der Waals surface area contributed by atoms with E-state index in [0.29, 0.717) is 19.3 Å². The second-order valence-electron chi connectivity index (χ2n) is 7.60. The van der Waals surface area contributed by atoms with Crippen LogP contribution in [-0.4, -0.2) is 51.5 Å². The lowest BCUT2D eigenvalue weighted by Crippen LogP contribution is -2.38. The molecule has 0 aromatic heterocycles. The third-order valence-corrected chi connectivity index (χ3v) is 7.14. The second-order valence-corrected chi connectivity index (χ2v) is 9.65. The van der Waals surface area contributed by atoms with Crippen molar-refractivity contribution < 1.29 is 17.9 Å². The maximum atomic E-state index is 12.8. The molecule has 0 spiro atoms. The standard InChI is InChI=1S/C22H30N2O4S/c1-24(17-22(25)23-14-7-15-28-20-10-3-2-4-11-20)29(26,27)21-13-12-18-8-5-6-9-19(18)16-21/h5-6,8-9,12-13,16,20H,2-4,7,10-11,14-15,17H2,1H3,(H,23,25). The number of nitrogens with zero attached hydrogens (tertiary/aromatic N) is 1. The molecule has 0 heterocycles. The van der Waals surface area contributed by atoms with E-state index in [0.717, 1.165) is 34.3 Å². The van der Waals surface area contributed by atoms with Gasteiger partial charge in [-0.25, -0.2) is 8.42 Å². The molecule has 1 saturated carbocycles. The minimum Gasteiger partial charge on any atom is -0.378 e. The third kappa shape index (κ3) is 6.01. The summed E-state index contributed by atoms with van der Waals surface area (Å²) < 4.78 is 32.5. The summed E-state index contributed by atoms with van der Waals surface area (Å²) in [7, 11) is -2.30. The lowest BCUT2D eigenvalue weighted by atomic mass is 9.98. The molecule has 6 nitrogen and oxygen atoms in total. The molecular weight excluding hydrogens is 388 g/mol. The average Bonchev–Trinajstić information content (AvgIpc) is 2.73. The fourth-order valence-corrected chi connectivity index (χ4v) is 4.80. The Hall–Kier alpha value is -1.96. The summed E-state index contributed by atoms with van der Waals surface area (Å²) in [4.78, 5) is 12.3. The van der Waals surface area contributed by atoms with Crippen molar-refractivity contribution in [1.82, 2.24) is 9.62 Å². The van der Waals surface area contributed by atoms with Crippen LogP contribution in [0.1, 0.15) is 38.5 Å². The zero-order chi connectivity index (χ0) is 20.7. The molecule has 1 amide bonds. The van der Waals surface area contributed by atoms with Crippen LogP contribution in [0.5, 0.6) is 0 Å². The number of amides is 1. The summed E-state index contributed by atoms with van der Waals surface area (Å²) in [6.45, 7) is 0.893. The van der Waals surface area contributed by atoms with Crippen molar-refractivity contribution in [3.63, 3.8) is 0 Å². The molecule has 0 saturated heterocycles. The van der Waals surface area contributed by atoms with Crippen LogP contribution in [0.25, 0.3) is 10.8 Å². The molecule has 29 heavy (non-hydrogen) atoms. The van der Waals surface area contributed by atoms with Gasteiger partial charge in [0.2, 0.25) is 15.9 Å². The monoisotopic (exact) mass is 418 g/mol. The number of fused-ring (bicyclic) bond motifs is 1. The van der Waals surface area contributed by atoms with Crippen molar-refractivity contribution in [2.45, 2.75) is 49.5 Å². The van der Waals surface area contributed by atoms with E-state index in [-0.39, 0.29) is 17.3 Å². The van der Waals surface area contributed by atoms with E-state index in [2.05, 4.69) is 5.32 Å². The van der Waals surface area contributed by atoms with Crippen molar-refractivity contribution in [3.05, 3.63) is 42.5 Å². The van der Waals surface area contributed by atoms with E-state index < -0.39 is 10.0 Å². The van der Waals surface area contributed by atoms with Crippen LogP contribution in [0.15, 0.2) is 47.4 Å². The highest BCUT2D eigenvalue weighted by Crippen LogP contribution is 2.21. The molecule has 0 aliphatic heterocycles. The third-order valence-electron chi connectivity index (χ3n) is 5.34. The van der Waals surface area contributed by atoms with Gasteiger partial charge in [-0.05, 0) is 42.2 Å². The molecular formula is C22H30N2O4S. The molecule has 1 fully saturated rings. The largest absolute Gasteiger partial charge is 0.378 e. The summed E-state index contributed by atoms with van der Waals surface area (Å²) in [6, 6.07) is 12.6. The van der Waals surface area contributed by atoms with Gasteiger partial charge in [0.25, 0.3) is 0 Å². The van der Waals surface area contributed by atoms with Gasteiger partial charge in [-0.3, -0.25) is 4.79 Å². The first-order valence-electron chi connectivity index (χ1n) is 10.3. The molecule has 0 atom stereocenters. The first-order valence-corrected chi connectivity index (χ1v) is 11.7. The fraction of sp³-hybridized carbons (Fsp3) is 0.500. The number of hydrogen-bond donors (Lipinski definition) is 1. The Morgan fingerprint density at radius 3 is 2.59 bits per heavy atom. The van der Waals surface area contributed by atoms with E-state index in [4.69, 9.17) is 4.74 Å². The zero-order valence-electron chi connectivity index (χ0n) is 17.0. The molecule has 0 unspecified atom stereocenters. The Morgan fingerprint density at radius 1 is 1.10 bits per heavy atom. The number of ether oxygens (including phenoxy) is 1. The molecule has 7 heteroatoms. The topological polar surface area (TPSA) is 75.7 Å². The van der Waals surface area contributed by atoms with Gasteiger partial charge in [0, 0.05) is 20.2 Å². The molecule has 3 rings (SSSR count). The number of carbonyl (C=O) groups is 1. The number of nitrogens with one attached hydrogen (secondary N) is 1. The molecule has 1 N–H and O–H groups in total. The summed E-state index contributed by atoms with van der Waals surface area (Å²) >= 11 is 0. The van der Waals surface area contributed by atoms with Gasteiger partial charge in [-0.1, -0.05) is 49.6 Å². The lowest BCUT2D eigenvalue weighted by molar-refractivity contribution is -0.121. The molecule has 0 bridgehead atoms. The van der Waals surface area contributed by atoms with E-state index in [1.165, 1.54) is 26.3 Å². The average molecular weight is 419 g/mol. The minimum atomic E-state index is -3.73. The highest BCUT2D eigenvalue weighted by atomic mass is 32.2.